The summed E-state index contributed by atoms with van der Waals surface area (Å²) in [5.41, 5.74) is 0.848. The number of fused-ring (bicyclic) bond motifs is 1. The Labute approximate surface area is 142 Å². The van der Waals surface area contributed by atoms with Gasteiger partial charge in [0.05, 0.1) is 15.7 Å². The molecular formula is C16H11Cl2NO4. The molecule has 0 saturated heterocycles. The van der Waals surface area contributed by atoms with Crippen LogP contribution >= 0.6 is 23.2 Å². The number of carbonyl (C=O) groups is 2. The molecule has 2 aromatic carbocycles. The van der Waals surface area contributed by atoms with Crippen LogP contribution in [0.5, 0.6) is 11.5 Å². The number of hydrogen-bond donors (Lipinski definition) is 1. The maximum Gasteiger partial charge on any atom is 0.262 e. The highest BCUT2D eigenvalue weighted by molar-refractivity contribution is 6.37. The maximum atomic E-state index is 12.2. The number of anilines is 1. The fourth-order valence-corrected chi connectivity index (χ4v) is 2.60. The molecule has 1 aliphatic heterocycles. The summed E-state index contributed by atoms with van der Waals surface area (Å²) in [5, 5.41) is 3.31. The number of para-hydroxylation sites is 1. The monoisotopic (exact) mass is 351 g/mol. The van der Waals surface area contributed by atoms with Gasteiger partial charge in [0.15, 0.2) is 24.7 Å². The van der Waals surface area contributed by atoms with Crippen molar-refractivity contribution in [2.24, 2.45) is 0 Å². The molecule has 1 N–H and O–H groups in total. The number of amides is 1. The number of benzene rings is 2. The molecule has 0 fully saturated rings. The summed E-state index contributed by atoms with van der Waals surface area (Å²) < 4.78 is 10.7. The Morgan fingerprint density at radius 3 is 2.70 bits per heavy atom. The van der Waals surface area contributed by atoms with Crippen molar-refractivity contribution >= 4 is 40.6 Å². The van der Waals surface area contributed by atoms with E-state index in [1.54, 1.807) is 36.4 Å². The lowest BCUT2D eigenvalue weighted by molar-refractivity contribution is -0.118. The minimum Gasteiger partial charge on any atom is -0.482 e. The van der Waals surface area contributed by atoms with Gasteiger partial charge in [0.25, 0.3) is 5.91 Å². The van der Waals surface area contributed by atoms with E-state index in [4.69, 9.17) is 32.7 Å². The van der Waals surface area contributed by atoms with Crippen LogP contribution in [0.2, 0.25) is 10.0 Å². The van der Waals surface area contributed by atoms with Gasteiger partial charge in [-0.05, 0) is 30.3 Å². The molecule has 0 aromatic heterocycles. The molecule has 3 rings (SSSR count). The van der Waals surface area contributed by atoms with Crippen LogP contribution < -0.4 is 14.8 Å². The molecule has 0 spiro atoms. The number of nitrogens with one attached hydrogen (secondary N) is 1. The molecular weight excluding hydrogens is 341 g/mol. The summed E-state index contributed by atoms with van der Waals surface area (Å²) in [6, 6.07) is 9.72. The van der Waals surface area contributed by atoms with Crippen LogP contribution in [0.15, 0.2) is 36.4 Å². The van der Waals surface area contributed by atoms with Gasteiger partial charge in [-0.25, -0.2) is 0 Å². The third kappa shape index (κ3) is 3.41. The van der Waals surface area contributed by atoms with Crippen molar-refractivity contribution in [3.8, 4) is 11.5 Å². The Hall–Kier alpha value is -2.24. The van der Waals surface area contributed by atoms with Gasteiger partial charge in [0.1, 0.15) is 5.75 Å². The highest BCUT2D eigenvalue weighted by atomic mass is 35.5. The highest BCUT2D eigenvalue weighted by Gasteiger charge is 2.18. The third-order valence-corrected chi connectivity index (χ3v) is 3.80. The number of rotatable bonds is 4. The molecule has 23 heavy (non-hydrogen) atoms. The van der Waals surface area contributed by atoms with Crippen LogP contribution in [0.4, 0.5) is 5.69 Å². The number of hydrogen-bond acceptors (Lipinski definition) is 4. The van der Waals surface area contributed by atoms with E-state index < -0.39 is 0 Å². The van der Waals surface area contributed by atoms with Crippen molar-refractivity contribution in [2.45, 2.75) is 0 Å². The van der Waals surface area contributed by atoms with E-state index in [0.29, 0.717) is 27.0 Å². The van der Waals surface area contributed by atoms with Crippen LogP contribution in [0.3, 0.4) is 0 Å². The van der Waals surface area contributed by atoms with E-state index >= 15 is 0 Å². The molecule has 0 saturated carbocycles. The zero-order valence-electron chi connectivity index (χ0n) is 11.8. The van der Waals surface area contributed by atoms with E-state index in [0.717, 1.165) is 0 Å². The van der Waals surface area contributed by atoms with Crippen molar-refractivity contribution in [1.82, 2.24) is 0 Å². The molecule has 0 unspecified atom stereocenters. The molecule has 0 atom stereocenters. The summed E-state index contributed by atoms with van der Waals surface area (Å²) in [4.78, 5) is 23.6. The predicted molar refractivity (Wildman–Crippen MR) is 86.9 cm³/mol. The van der Waals surface area contributed by atoms with Gasteiger partial charge in [0.2, 0.25) is 0 Å². The summed E-state index contributed by atoms with van der Waals surface area (Å²) in [6.45, 7) is -0.258. The Morgan fingerprint density at radius 2 is 1.96 bits per heavy atom. The van der Waals surface area contributed by atoms with E-state index in [1.807, 2.05) is 0 Å². The predicted octanol–water partition coefficient (Wildman–Crippen LogP) is 3.59. The molecule has 0 radical (unpaired) electrons. The van der Waals surface area contributed by atoms with Crippen molar-refractivity contribution in [2.75, 3.05) is 18.5 Å². The Bertz CT molecular complexity index is 771. The second-order valence-electron chi connectivity index (χ2n) is 4.81. The number of halogens is 2. The molecule has 1 amide bonds. The topological polar surface area (TPSA) is 64.6 Å². The van der Waals surface area contributed by atoms with Crippen LogP contribution in [0.25, 0.3) is 0 Å². The average molecular weight is 352 g/mol. The van der Waals surface area contributed by atoms with Gasteiger partial charge >= 0.3 is 0 Å². The van der Waals surface area contributed by atoms with Crippen molar-refractivity contribution in [3.63, 3.8) is 0 Å². The zero-order valence-corrected chi connectivity index (χ0v) is 13.3. The van der Waals surface area contributed by atoms with Crippen molar-refractivity contribution in [3.05, 3.63) is 52.0 Å². The first-order chi connectivity index (χ1) is 11.0. The first-order valence-electron chi connectivity index (χ1n) is 6.71. The zero-order chi connectivity index (χ0) is 16.4. The van der Waals surface area contributed by atoms with Gasteiger partial charge in [-0.15, -0.1) is 0 Å². The lowest BCUT2D eigenvalue weighted by Crippen LogP contribution is -2.25. The third-order valence-electron chi connectivity index (χ3n) is 3.20. The van der Waals surface area contributed by atoms with Gasteiger partial charge in [-0.3, -0.25) is 9.59 Å². The van der Waals surface area contributed by atoms with Gasteiger partial charge < -0.3 is 14.8 Å². The number of carbonyl (C=O) groups excluding carboxylic acids is 2. The van der Waals surface area contributed by atoms with E-state index in [2.05, 4.69) is 5.32 Å². The standard InChI is InChI=1S/C16H11Cl2NO4/c17-10-2-1-3-11(18)16(10)23-7-13(20)9-4-5-14-12(6-9)19-15(21)8-22-14/h1-6H,7-8H2,(H,19,21). The summed E-state index contributed by atoms with van der Waals surface area (Å²) in [5.74, 6) is 0.250. The lowest BCUT2D eigenvalue weighted by Gasteiger charge is -2.18. The number of ether oxygens (including phenoxy) is 2. The average Bonchev–Trinajstić information content (AvgIpc) is 2.53. The van der Waals surface area contributed by atoms with Gasteiger partial charge in [-0.2, -0.15) is 0 Å². The van der Waals surface area contributed by atoms with Crippen molar-refractivity contribution < 1.29 is 19.1 Å². The quantitative estimate of drug-likeness (QED) is 0.855. The summed E-state index contributed by atoms with van der Waals surface area (Å²) >= 11 is 12.0. The summed E-state index contributed by atoms with van der Waals surface area (Å²) in [7, 11) is 0. The minimum absolute atomic E-state index is 0.0333. The van der Waals surface area contributed by atoms with Crippen LogP contribution in [-0.2, 0) is 4.79 Å². The number of ketones is 1. The normalized spacial score (nSPS) is 12.9. The molecule has 0 bridgehead atoms. The molecule has 1 aliphatic rings. The fraction of sp³-hybridized carbons (Fsp3) is 0.125. The highest BCUT2D eigenvalue weighted by Crippen LogP contribution is 2.33. The SMILES string of the molecule is O=C1COc2ccc(C(=O)COc3c(Cl)cccc3Cl)cc2N1. The smallest absolute Gasteiger partial charge is 0.262 e. The second-order valence-corrected chi connectivity index (χ2v) is 5.62. The van der Waals surface area contributed by atoms with Crippen LogP contribution in [-0.4, -0.2) is 24.9 Å². The second kappa shape index (κ2) is 6.48. The van der Waals surface area contributed by atoms with E-state index in [-0.39, 0.29) is 30.7 Å². The number of Topliss-reactive ketones (excluding diaryl/α,β-unsaturated/α-hetero) is 1. The molecule has 5 nitrogen and oxygen atoms in total. The van der Waals surface area contributed by atoms with Crippen LogP contribution in [0.1, 0.15) is 10.4 Å². The Balaban J connectivity index is 1.74. The lowest BCUT2D eigenvalue weighted by atomic mass is 10.1. The molecule has 1 heterocycles. The summed E-state index contributed by atoms with van der Waals surface area (Å²) in [6.07, 6.45) is 0. The first kappa shape index (κ1) is 15.6. The van der Waals surface area contributed by atoms with Gasteiger partial charge in [0, 0.05) is 5.56 Å². The molecule has 2 aromatic rings. The van der Waals surface area contributed by atoms with Crippen molar-refractivity contribution in [1.29, 1.82) is 0 Å². The van der Waals surface area contributed by atoms with E-state index in [1.165, 1.54) is 0 Å². The van der Waals surface area contributed by atoms with E-state index in [9.17, 15) is 9.59 Å². The van der Waals surface area contributed by atoms with Crippen LogP contribution in [0, 0.1) is 0 Å². The molecule has 0 aliphatic carbocycles. The van der Waals surface area contributed by atoms with Gasteiger partial charge in [-0.1, -0.05) is 29.3 Å². The Morgan fingerprint density at radius 1 is 1.22 bits per heavy atom. The fourth-order valence-electron chi connectivity index (χ4n) is 2.10. The minimum atomic E-state index is -0.274. The Kier molecular flexibility index (Phi) is 4.41. The maximum absolute atomic E-state index is 12.2. The first-order valence-corrected chi connectivity index (χ1v) is 7.47. The molecule has 118 valence electrons. The molecule has 7 heteroatoms. The largest absolute Gasteiger partial charge is 0.482 e.